The third-order valence-electron chi connectivity index (χ3n) is 4.66. The van der Waals surface area contributed by atoms with Crippen molar-refractivity contribution in [3.63, 3.8) is 0 Å². The van der Waals surface area contributed by atoms with Crippen LogP contribution in [0.3, 0.4) is 0 Å². The normalized spacial score (nSPS) is 25.3. The van der Waals surface area contributed by atoms with Gasteiger partial charge in [-0.3, -0.25) is 9.69 Å². The fourth-order valence-corrected chi connectivity index (χ4v) is 4.99. The van der Waals surface area contributed by atoms with Crippen LogP contribution < -0.4 is 10.5 Å². The molecule has 2 N–H and O–H groups in total. The van der Waals surface area contributed by atoms with Crippen molar-refractivity contribution >= 4 is 21.7 Å². The first-order valence-corrected chi connectivity index (χ1v) is 9.75. The number of carbonyl (C=O) groups excluding carboxylic acids is 2. The molecule has 11 nitrogen and oxygen atoms in total. The Morgan fingerprint density at radius 3 is 2.57 bits per heavy atom. The van der Waals surface area contributed by atoms with Crippen LogP contribution in [0.5, 0.6) is 5.75 Å². The van der Waals surface area contributed by atoms with Crippen LogP contribution in [0.25, 0.3) is 10.4 Å². The fraction of sp³-hybridized carbons (Fsp3) is 0.375. The molecule has 2 heterocycles. The number of methoxy groups -OCH3 is 1. The van der Waals surface area contributed by atoms with Crippen molar-refractivity contribution < 1.29 is 27.5 Å². The highest BCUT2D eigenvalue weighted by atomic mass is 32.2. The number of nitrogens with two attached hydrogens (primary N) is 1. The van der Waals surface area contributed by atoms with Gasteiger partial charge < -0.3 is 15.2 Å². The van der Waals surface area contributed by atoms with Crippen LogP contribution in [0.4, 0.5) is 0 Å². The Morgan fingerprint density at radius 1 is 1.36 bits per heavy atom. The molecule has 12 heteroatoms. The monoisotopic (exact) mass is 407 g/mol. The van der Waals surface area contributed by atoms with Crippen molar-refractivity contribution in [3.05, 3.63) is 51.7 Å². The number of azide groups is 1. The number of benzene rings is 1. The predicted molar refractivity (Wildman–Crippen MR) is 96.0 cm³/mol. The van der Waals surface area contributed by atoms with Crippen LogP contribution in [-0.2, 0) is 30.8 Å². The van der Waals surface area contributed by atoms with Crippen molar-refractivity contribution in [2.45, 2.75) is 30.2 Å². The highest BCUT2D eigenvalue weighted by Gasteiger charge is 2.61. The molecule has 1 unspecified atom stereocenters. The molecule has 2 aliphatic heterocycles. The van der Waals surface area contributed by atoms with Crippen LogP contribution in [0.1, 0.15) is 12.5 Å². The molecule has 0 radical (unpaired) electrons. The number of rotatable bonds is 5. The van der Waals surface area contributed by atoms with Crippen molar-refractivity contribution in [2.75, 3.05) is 7.11 Å². The molecule has 148 valence electrons. The largest absolute Gasteiger partial charge is 0.497 e. The zero-order chi connectivity index (χ0) is 20.6. The third-order valence-corrected chi connectivity index (χ3v) is 7.04. The Balaban J connectivity index is 1.93. The van der Waals surface area contributed by atoms with E-state index in [2.05, 4.69) is 10.0 Å². The van der Waals surface area contributed by atoms with Crippen molar-refractivity contribution in [3.8, 4) is 5.75 Å². The number of esters is 1. The lowest BCUT2D eigenvalue weighted by atomic mass is 10.0. The van der Waals surface area contributed by atoms with Gasteiger partial charge in [0.25, 0.3) is 0 Å². The van der Waals surface area contributed by atoms with Gasteiger partial charge in [0, 0.05) is 4.91 Å². The van der Waals surface area contributed by atoms with Crippen LogP contribution in [0, 0.1) is 0 Å². The molecule has 0 saturated carbocycles. The van der Waals surface area contributed by atoms with E-state index < -0.39 is 49.8 Å². The van der Waals surface area contributed by atoms with E-state index in [1.165, 1.54) is 14.0 Å². The Bertz CT molecular complexity index is 1010. The van der Waals surface area contributed by atoms with E-state index >= 15 is 0 Å². The zero-order valence-corrected chi connectivity index (χ0v) is 15.8. The quantitative estimate of drug-likeness (QED) is 0.245. The molecule has 1 aromatic rings. The minimum atomic E-state index is -3.96. The van der Waals surface area contributed by atoms with E-state index in [1.54, 1.807) is 24.3 Å². The number of hydrogen-bond acceptors (Lipinski definition) is 8. The summed E-state index contributed by atoms with van der Waals surface area (Å²) in [5.41, 5.74) is 14.3. The first-order valence-electron chi connectivity index (χ1n) is 8.14. The van der Waals surface area contributed by atoms with Gasteiger partial charge in [-0.25, -0.2) is 13.2 Å². The van der Waals surface area contributed by atoms with Crippen LogP contribution >= 0.6 is 0 Å². The number of amides is 1. The van der Waals surface area contributed by atoms with Gasteiger partial charge in [0.05, 0.1) is 18.1 Å². The summed E-state index contributed by atoms with van der Waals surface area (Å²) in [6.45, 7) is 1.12. The Hall–Kier alpha value is -3.08. The highest BCUT2D eigenvalue weighted by molar-refractivity contribution is 7.93. The molecule has 2 aliphatic rings. The summed E-state index contributed by atoms with van der Waals surface area (Å²) in [4.78, 5) is 28.1. The standard InChI is InChI=1S/C16H17N5O6S/c1-8-12(19-20-18)13(21-14(22)11(17)15(21)28(8,24)25)16(23)27-7-9-3-5-10(26-2)6-4-9/h3-6,8,11,15H,7,17H2,1-2H3/t8?,11-,15-/m1/s1. The summed E-state index contributed by atoms with van der Waals surface area (Å²) in [5.74, 6) is -1.12. The van der Waals surface area contributed by atoms with Crippen LogP contribution in [0.2, 0.25) is 0 Å². The average molecular weight is 407 g/mol. The van der Waals surface area contributed by atoms with Gasteiger partial charge in [-0.15, -0.1) is 0 Å². The van der Waals surface area contributed by atoms with E-state index in [0.717, 1.165) is 4.90 Å². The second-order valence-corrected chi connectivity index (χ2v) is 8.57. The van der Waals surface area contributed by atoms with Gasteiger partial charge in [0.15, 0.2) is 15.2 Å². The van der Waals surface area contributed by atoms with Gasteiger partial charge in [-0.2, -0.15) is 0 Å². The molecule has 0 aromatic heterocycles. The molecule has 3 atom stereocenters. The number of fused-ring (bicyclic) bond motifs is 1. The smallest absolute Gasteiger partial charge is 0.355 e. The topological polar surface area (TPSA) is 165 Å². The molecule has 0 aliphatic carbocycles. The number of sulfone groups is 1. The number of β-lactam (4-membered cyclic amide) rings is 1. The summed E-state index contributed by atoms with van der Waals surface area (Å²) in [7, 11) is -2.45. The van der Waals surface area contributed by atoms with Gasteiger partial charge in [0.1, 0.15) is 24.1 Å². The second-order valence-electron chi connectivity index (χ2n) is 6.20. The molecule has 1 amide bonds. The van der Waals surface area contributed by atoms with Gasteiger partial charge >= 0.3 is 5.97 Å². The van der Waals surface area contributed by atoms with Gasteiger partial charge in [-0.1, -0.05) is 17.2 Å². The number of nitrogens with zero attached hydrogens (tertiary/aromatic N) is 4. The van der Waals surface area contributed by atoms with E-state index in [-0.39, 0.29) is 6.61 Å². The fourth-order valence-electron chi connectivity index (χ4n) is 3.07. The first-order chi connectivity index (χ1) is 13.2. The van der Waals surface area contributed by atoms with Crippen LogP contribution in [0.15, 0.2) is 40.8 Å². The van der Waals surface area contributed by atoms with E-state index in [1.807, 2.05) is 0 Å². The van der Waals surface area contributed by atoms with E-state index in [9.17, 15) is 18.0 Å². The van der Waals surface area contributed by atoms with Gasteiger partial charge in [0.2, 0.25) is 5.91 Å². The molecular weight excluding hydrogens is 390 g/mol. The number of ether oxygens (including phenoxy) is 2. The molecular formula is C16H17N5O6S. The van der Waals surface area contributed by atoms with Crippen molar-refractivity contribution in [2.24, 2.45) is 10.8 Å². The third kappa shape index (κ3) is 2.97. The minimum Gasteiger partial charge on any atom is -0.497 e. The maximum Gasteiger partial charge on any atom is 0.355 e. The minimum absolute atomic E-state index is 0.143. The molecule has 1 saturated heterocycles. The predicted octanol–water partition coefficient (Wildman–Crippen LogP) is 0.573. The Labute approximate surface area is 160 Å². The number of hydrogen-bond donors (Lipinski definition) is 1. The van der Waals surface area contributed by atoms with Crippen molar-refractivity contribution in [1.29, 1.82) is 0 Å². The second kappa shape index (κ2) is 7.15. The van der Waals surface area contributed by atoms with Crippen LogP contribution in [-0.4, -0.2) is 49.0 Å². The molecule has 3 rings (SSSR count). The summed E-state index contributed by atoms with van der Waals surface area (Å²) in [5, 5.41) is 0.643. The maximum absolute atomic E-state index is 12.7. The summed E-state index contributed by atoms with van der Waals surface area (Å²) in [6.07, 6.45) is 0. The van der Waals surface area contributed by atoms with E-state index in [4.69, 9.17) is 20.7 Å². The lowest BCUT2D eigenvalue weighted by Crippen LogP contribution is -2.74. The first kappa shape index (κ1) is 19.7. The van der Waals surface area contributed by atoms with E-state index in [0.29, 0.717) is 11.3 Å². The number of carbonyl (C=O) groups is 2. The average Bonchev–Trinajstić information content (AvgIpc) is 2.69. The van der Waals surface area contributed by atoms with Gasteiger partial charge in [-0.05, 0) is 30.2 Å². The molecule has 1 fully saturated rings. The molecule has 0 spiro atoms. The highest BCUT2D eigenvalue weighted by Crippen LogP contribution is 2.40. The Kier molecular flexibility index (Phi) is 5.02. The summed E-state index contributed by atoms with van der Waals surface area (Å²) < 4.78 is 35.4. The van der Waals surface area contributed by atoms with Crippen molar-refractivity contribution in [1.82, 2.24) is 4.90 Å². The SMILES string of the molecule is COc1ccc(COC(=O)C2=C(N=[N+]=[N-])C(C)S(=O)(=O)[C@@H]3[C@H](N)C(=O)N23)cc1. The zero-order valence-electron chi connectivity index (χ0n) is 15.0. The molecule has 0 bridgehead atoms. The summed E-state index contributed by atoms with van der Waals surface area (Å²) >= 11 is 0. The Morgan fingerprint density at radius 2 is 2.00 bits per heavy atom. The molecule has 28 heavy (non-hydrogen) atoms. The lowest BCUT2D eigenvalue weighted by molar-refractivity contribution is -0.151. The molecule has 1 aromatic carbocycles. The summed E-state index contributed by atoms with van der Waals surface area (Å²) in [6, 6.07) is 5.42. The maximum atomic E-state index is 12.7. The lowest BCUT2D eigenvalue weighted by Gasteiger charge is -2.49.